The number of hydrogen-bond donors (Lipinski definition) is 4. The molecule has 23 heavy (non-hydrogen) atoms. The molecule has 0 bridgehead atoms. The van der Waals surface area contributed by atoms with E-state index in [1.54, 1.807) is 25.1 Å². The lowest BCUT2D eigenvalue weighted by Crippen LogP contribution is -2.31. The van der Waals surface area contributed by atoms with Crippen LogP contribution in [0.25, 0.3) is 0 Å². The second-order valence-electron chi connectivity index (χ2n) is 4.24. The SMILES string of the molecule is CCOC(=O)NCCN/C=C(/C#N)C(=O)Nc1ccccc1O. The number of hydrogen-bond acceptors (Lipinski definition) is 6. The van der Waals surface area contributed by atoms with Crippen molar-refractivity contribution in [2.24, 2.45) is 0 Å². The molecule has 1 aromatic carbocycles. The fourth-order valence-corrected chi connectivity index (χ4v) is 1.51. The Kier molecular flexibility index (Phi) is 7.51. The number of ether oxygens (including phenoxy) is 1. The Bertz CT molecular complexity index is 622. The minimum atomic E-state index is -0.653. The van der Waals surface area contributed by atoms with Crippen molar-refractivity contribution in [3.05, 3.63) is 36.0 Å². The van der Waals surface area contributed by atoms with Gasteiger partial charge in [0.05, 0.1) is 12.3 Å². The number of aromatic hydroxyl groups is 1. The maximum Gasteiger partial charge on any atom is 0.407 e. The van der Waals surface area contributed by atoms with Gasteiger partial charge in [0.2, 0.25) is 0 Å². The van der Waals surface area contributed by atoms with Gasteiger partial charge in [-0.05, 0) is 19.1 Å². The van der Waals surface area contributed by atoms with Crippen LogP contribution in [0.15, 0.2) is 36.0 Å². The maximum atomic E-state index is 11.9. The van der Waals surface area contributed by atoms with Gasteiger partial charge in [-0.15, -0.1) is 0 Å². The molecule has 8 heteroatoms. The minimum Gasteiger partial charge on any atom is -0.506 e. The predicted octanol–water partition coefficient (Wildman–Crippen LogP) is 1.07. The summed E-state index contributed by atoms with van der Waals surface area (Å²) in [6, 6.07) is 7.95. The van der Waals surface area contributed by atoms with Crippen LogP contribution in [0.2, 0.25) is 0 Å². The van der Waals surface area contributed by atoms with Crippen molar-refractivity contribution in [1.29, 1.82) is 5.26 Å². The number of phenolic OH excluding ortho intramolecular Hbond substituents is 1. The summed E-state index contributed by atoms with van der Waals surface area (Å²) in [4.78, 5) is 22.9. The van der Waals surface area contributed by atoms with E-state index < -0.39 is 12.0 Å². The first-order valence-corrected chi connectivity index (χ1v) is 6.92. The maximum absolute atomic E-state index is 11.9. The molecule has 0 aliphatic heterocycles. The lowest BCUT2D eigenvalue weighted by atomic mass is 10.2. The molecule has 0 aromatic heterocycles. The topological polar surface area (TPSA) is 123 Å². The summed E-state index contributed by atoms with van der Waals surface area (Å²) in [5.41, 5.74) is 0.0482. The zero-order valence-corrected chi connectivity index (χ0v) is 12.6. The molecule has 0 radical (unpaired) electrons. The van der Waals surface area contributed by atoms with Gasteiger partial charge in [-0.3, -0.25) is 4.79 Å². The van der Waals surface area contributed by atoms with E-state index in [1.807, 2.05) is 0 Å². The van der Waals surface area contributed by atoms with E-state index in [0.717, 1.165) is 0 Å². The fraction of sp³-hybridized carbons (Fsp3) is 0.267. The third-order valence-electron chi connectivity index (χ3n) is 2.58. The van der Waals surface area contributed by atoms with Crippen molar-refractivity contribution >= 4 is 17.7 Å². The normalized spacial score (nSPS) is 10.3. The average Bonchev–Trinajstić information content (AvgIpc) is 2.53. The molecule has 8 nitrogen and oxygen atoms in total. The zero-order valence-electron chi connectivity index (χ0n) is 12.6. The Morgan fingerprint density at radius 3 is 2.74 bits per heavy atom. The van der Waals surface area contributed by atoms with Crippen LogP contribution in [0.5, 0.6) is 5.75 Å². The number of phenols is 1. The number of nitriles is 1. The van der Waals surface area contributed by atoms with Gasteiger partial charge in [0.15, 0.2) is 0 Å². The van der Waals surface area contributed by atoms with Gasteiger partial charge in [-0.2, -0.15) is 5.26 Å². The highest BCUT2D eigenvalue weighted by Gasteiger charge is 2.11. The monoisotopic (exact) mass is 318 g/mol. The smallest absolute Gasteiger partial charge is 0.407 e. The largest absolute Gasteiger partial charge is 0.506 e. The van der Waals surface area contributed by atoms with Crippen molar-refractivity contribution in [3.8, 4) is 11.8 Å². The number of carbonyl (C=O) groups excluding carboxylic acids is 2. The van der Waals surface area contributed by atoms with E-state index in [-0.39, 0.29) is 30.2 Å². The lowest BCUT2D eigenvalue weighted by Gasteiger charge is -2.07. The number of carbonyl (C=O) groups is 2. The molecule has 4 N–H and O–H groups in total. The number of anilines is 1. The molecule has 122 valence electrons. The van der Waals surface area contributed by atoms with Crippen molar-refractivity contribution in [2.75, 3.05) is 25.0 Å². The van der Waals surface area contributed by atoms with Gasteiger partial charge in [0.25, 0.3) is 5.91 Å². The first kappa shape index (κ1) is 17.8. The van der Waals surface area contributed by atoms with Gasteiger partial charge < -0.3 is 25.8 Å². The van der Waals surface area contributed by atoms with Gasteiger partial charge in [-0.25, -0.2) is 4.79 Å². The molecular formula is C15H18N4O4. The Balaban J connectivity index is 2.46. The molecule has 0 atom stereocenters. The zero-order chi connectivity index (χ0) is 17.1. The number of benzene rings is 1. The number of rotatable bonds is 7. The van der Waals surface area contributed by atoms with Crippen LogP contribution in [0.1, 0.15) is 6.92 Å². The highest BCUT2D eigenvalue weighted by Crippen LogP contribution is 2.21. The van der Waals surface area contributed by atoms with Gasteiger partial charge in [0.1, 0.15) is 17.4 Å². The summed E-state index contributed by atoms with van der Waals surface area (Å²) in [5.74, 6) is -0.746. The molecule has 0 fully saturated rings. The number of para-hydroxylation sites is 2. The summed E-state index contributed by atoms with van der Waals surface area (Å²) in [7, 11) is 0. The van der Waals surface area contributed by atoms with Crippen LogP contribution in [0.4, 0.5) is 10.5 Å². The molecule has 0 heterocycles. The predicted molar refractivity (Wildman–Crippen MR) is 83.5 cm³/mol. The van der Waals surface area contributed by atoms with Crippen LogP contribution < -0.4 is 16.0 Å². The van der Waals surface area contributed by atoms with Crippen LogP contribution in [-0.4, -0.2) is 36.8 Å². The van der Waals surface area contributed by atoms with Crippen molar-refractivity contribution in [3.63, 3.8) is 0 Å². The van der Waals surface area contributed by atoms with Crippen molar-refractivity contribution in [2.45, 2.75) is 6.92 Å². The lowest BCUT2D eigenvalue weighted by molar-refractivity contribution is -0.112. The fourth-order valence-electron chi connectivity index (χ4n) is 1.51. The molecule has 0 spiro atoms. The van der Waals surface area contributed by atoms with E-state index in [2.05, 4.69) is 20.7 Å². The quantitative estimate of drug-likeness (QED) is 0.258. The first-order chi connectivity index (χ1) is 11.1. The van der Waals surface area contributed by atoms with Gasteiger partial charge >= 0.3 is 6.09 Å². The molecule has 2 amide bonds. The first-order valence-electron chi connectivity index (χ1n) is 6.92. The standard InChI is InChI=1S/C15H18N4O4/c1-2-23-15(22)18-8-7-17-10-11(9-16)14(21)19-12-5-3-4-6-13(12)20/h3-6,10,17,20H,2,7-8H2,1H3,(H,18,22)(H,19,21)/b11-10-. The number of amides is 2. The van der Waals surface area contributed by atoms with Gasteiger partial charge in [-0.1, -0.05) is 12.1 Å². The van der Waals surface area contributed by atoms with E-state index in [9.17, 15) is 14.7 Å². The third kappa shape index (κ3) is 6.39. The molecule has 0 saturated heterocycles. The van der Waals surface area contributed by atoms with E-state index >= 15 is 0 Å². The molecule has 0 unspecified atom stereocenters. The number of nitrogens with zero attached hydrogens (tertiary/aromatic N) is 1. The highest BCUT2D eigenvalue weighted by molar-refractivity contribution is 6.07. The van der Waals surface area contributed by atoms with Crippen molar-refractivity contribution < 1.29 is 19.4 Å². The van der Waals surface area contributed by atoms with Crippen molar-refractivity contribution in [1.82, 2.24) is 10.6 Å². The molecule has 0 aliphatic carbocycles. The third-order valence-corrected chi connectivity index (χ3v) is 2.58. The number of alkyl carbamates (subject to hydrolysis) is 1. The Labute approximate surface area is 133 Å². The number of nitrogens with one attached hydrogen (secondary N) is 3. The summed E-state index contributed by atoms with van der Waals surface area (Å²) >= 11 is 0. The second kappa shape index (κ2) is 9.68. The summed E-state index contributed by atoms with van der Waals surface area (Å²) in [6.07, 6.45) is 0.707. The van der Waals surface area contributed by atoms with Crippen LogP contribution in [0.3, 0.4) is 0 Å². The highest BCUT2D eigenvalue weighted by atomic mass is 16.5. The van der Waals surface area contributed by atoms with Gasteiger partial charge in [0, 0.05) is 19.3 Å². The molecule has 0 saturated carbocycles. The Morgan fingerprint density at radius 2 is 2.09 bits per heavy atom. The molecule has 0 aliphatic rings. The van der Waals surface area contributed by atoms with E-state index in [4.69, 9.17) is 5.26 Å². The summed E-state index contributed by atoms with van der Waals surface area (Å²) < 4.78 is 4.67. The van der Waals surface area contributed by atoms with E-state index in [0.29, 0.717) is 6.54 Å². The molecular weight excluding hydrogens is 300 g/mol. The summed E-state index contributed by atoms with van der Waals surface area (Å²) in [6.45, 7) is 2.57. The molecule has 1 aromatic rings. The van der Waals surface area contributed by atoms with Crippen LogP contribution in [0, 0.1) is 11.3 Å². The van der Waals surface area contributed by atoms with Crippen LogP contribution >= 0.6 is 0 Å². The molecule has 1 rings (SSSR count). The summed E-state index contributed by atoms with van der Waals surface area (Å²) in [5, 5.41) is 26.2. The second-order valence-corrected chi connectivity index (χ2v) is 4.24. The Hall–Kier alpha value is -3.21. The van der Waals surface area contributed by atoms with Crippen LogP contribution in [-0.2, 0) is 9.53 Å². The Morgan fingerprint density at radius 1 is 1.35 bits per heavy atom. The average molecular weight is 318 g/mol. The van der Waals surface area contributed by atoms with E-state index in [1.165, 1.54) is 18.3 Å². The minimum absolute atomic E-state index is 0.0928.